The highest BCUT2D eigenvalue weighted by Gasteiger charge is 2.03. The van der Waals surface area contributed by atoms with E-state index in [9.17, 15) is 0 Å². The lowest BCUT2D eigenvalue weighted by molar-refractivity contribution is 0.311. The number of para-hydroxylation sites is 1. The highest BCUT2D eigenvalue weighted by Crippen LogP contribution is 2.08. The Balaban J connectivity index is 1.56. The molecule has 1 aliphatic heterocycles. The molecule has 0 radical (unpaired) electrons. The molecule has 1 aromatic rings. The van der Waals surface area contributed by atoms with Crippen LogP contribution in [0.4, 0.5) is 0 Å². The Morgan fingerprint density at radius 3 is 2.82 bits per heavy atom. The van der Waals surface area contributed by atoms with Gasteiger partial charge in [-0.15, -0.1) is 0 Å². The molecule has 0 saturated carbocycles. The van der Waals surface area contributed by atoms with Crippen molar-refractivity contribution in [2.24, 2.45) is 4.99 Å². The van der Waals surface area contributed by atoms with E-state index >= 15 is 0 Å². The molecule has 3 heteroatoms. The SMILES string of the molecule is c1ccc(OCCCNC2=NCCCC2)cc1. The molecule has 2 rings (SSSR count). The van der Waals surface area contributed by atoms with Crippen molar-refractivity contribution in [3.63, 3.8) is 0 Å². The maximum absolute atomic E-state index is 5.62. The molecular weight excluding hydrogens is 212 g/mol. The lowest BCUT2D eigenvalue weighted by Gasteiger charge is -2.13. The fourth-order valence-corrected chi connectivity index (χ4v) is 1.85. The number of nitrogens with one attached hydrogen (secondary N) is 1. The minimum atomic E-state index is 0.754. The summed E-state index contributed by atoms with van der Waals surface area (Å²) in [5, 5.41) is 3.38. The second kappa shape index (κ2) is 6.94. The maximum Gasteiger partial charge on any atom is 0.119 e. The number of amidine groups is 1. The van der Waals surface area contributed by atoms with Crippen molar-refractivity contribution < 1.29 is 4.74 Å². The number of hydrogen-bond donors (Lipinski definition) is 1. The Morgan fingerprint density at radius 2 is 2.06 bits per heavy atom. The monoisotopic (exact) mass is 232 g/mol. The largest absolute Gasteiger partial charge is 0.494 e. The first-order valence-corrected chi connectivity index (χ1v) is 6.40. The summed E-state index contributed by atoms with van der Waals surface area (Å²) in [7, 11) is 0. The van der Waals surface area contributed by atoms with Gasteiger partial charge in [0.1, 0.15) is 5.75 Å². The summed E-state index contributed by atoms with van der Waals surface area (Å²) in [5.74, 6) is 2.12. The highest BCUT2D eigenvalue weighted by atomic mass is 16.5. The molecule has 0 fully saturated rings. The highest BCUT2D eigenvalue weighted by molar-refractivity contribution is 5.82. The number of aliphatic imine (C=N–C) groups is 1. The lowest BCUT2D eigenvalue weighted by Crippen LogP contribution is -2.27. The second-order valence-electron chi connectivity index (χ2n) is 4.23. The third kappa shape index (κ3) is 4.47. The number of hydrogen-bond acceptors (Lipinski definition) is 3. The van der Waals surface area contributed by atoms with E-state index in [2.05, 4.69) is 10.3 Å². The van der Waals surface area contributed by atoms with Crippen molar-refractivity contribution in [2.45, 2.75) is 25.7 Å². The molecule has 92 valence electrons. The first-order chi connectivity index (χ1) is 8.45. The molecule has 1 heterocycles. The zero-order valence-electron chi connectivity index (χ0n) is 10.2. The maximum atomic E-state index is 5.62. The molecule has 0 aromatic heterocycles. The zero-order valence-corrected chi connectivity index (χ0v) is 10.2. The molecule has 1 N–H and O–H groups in total. The predicted molar refractivity (Wildman–Crippen MR) is 70.7 cm³/mol. The summed E-state index contributed by atoms with van der Waals surface area (Å²) < 4.78 is 5.62. The van der Waals surface area contributed by atoms with Crippen LogP contribution in [0.1, 0.15) is 25.7 Å². The van der Waals surface area contributed by atoms with Crippen LogP contribution in [0.2, 0.25) is 0 Å². The van der Waals surface area contributed by atoms with Crippen molar-refractivity contribution in [3.05, 3.63) is 30.3 Å². The quantitative estimate of drug-likeness (QED) is 0.792. The van der Waals surface area contributed by atoms with Gasteiger partial charge in [0.05, 0.1) is 12.4 Å². The van der Waals surface area contributed by atoms with E-state index in [1.807, 2.05) is 30.3 Å². The van der Waals surface area contributed by atoms with Crippen molar-refractivity contribution in [3.8, 4) is 5.75 Å². The lowest BCUT2D eigenvalue weighted by atomic mass is 10.2. The summed E-state index contributed by atoms with van der Waals surface area (Å²) in [4.78, 5) is 4.45. The molecule has 0 unspecified atom stereocenters. The molecule has 0 saturated heterocycles. The minimum absolute atomic E-state index is 0.754. The first-order valence-electron chi connectivity index (χ1n) is 6.40. The Morgan fingerprint density at radius 1 is 1.18 bits per heavy atom. The van der Waals surface area contributed by atoms with Crippen LogP contribution in [-0.2, 0) is 0 Å². The third-order valence-corrected chi connectivity index (χ3v) is 2.79. The zero-order chi connectivity index (χ0) is 11.8. The van der Waals surface area contributed by atoms with Gasteiger partial charge in [0.15, 0.2) is 0 Å². The smallest absolute Gasteiger partial charge is 0.119 e. The molecule has 0 atom stereocenters. The second-order valence-corrected chi connectivity index (χ2v) is 4.23. The fourth-order valence-electron chi connectivity index (χ4n) is 1.85. The first kappa shape index (κ1) is 12.0. The molecule has 1 aliphatic rings. The van der Waals surface area contributed by atoms with Crippen LogP contribution < -0.4 is 10.1 Å². The Kier molecular flexibility index (Phi) is 4.88. The van der Waals surface area contributed by atoms with E-state index in [4.69, 9.17) is 4.74 Å². The average Bonchev–Trinajstić information content (AvgIpc) is 2.41. The van der Waals surface area contributed by atoms with Gasteiger partial charge in [-0.1, -0.05) is 18.2 Å². The Labute approximate surface area is 103 Å². The summed E-state index contributed by atoms with van der Waals surface area (Å²) in [5.41, 5.74) is 0. The van der Waals surface area contributed by atoms with Gasteiger partial charge in [-0.05, 0) is 31.4 Å². The van der Waals surface area contributed by atoms with Gasteiger partial charge in [0.2, 0.25) is 0 Å². The Hall–Kier alpha value is -1.51. The van der Waals surface area contributed by atoms with Crippen molar-refractivity contribution >= 4 is 5.84 Å². The molecule has 0 spiro atoms. The van der Waals surface area contributed by atoms with E-state index in [1.54, 1.807) is 0 Å². The molecule has 17 heavy (non-hydrogen) atoms. The Bertz CT molecular complexity index is 348. The van der Waals surface area contributed by atoms with Crippen LogP contribution in [0.3, 0.4) is 0 Å². The fraction of sp³-hybridized carbons (Fsp3) is 0.500. The number of ether oxygens (including phenoxy) is 1. The van der Waals surface area contributed by atoms with Crippen LogP contribution >= 0.6 is 0 Å². The van der Waals surface area contributed by atoms with Crippen LogP contribution in [0.25, 0.3) is 0 Å². The van der Waals surface area contributed by atoms with Gasteiger partial charge in [0.25, 0.3) is 0 Å². The van der Waals surface area contributed by atoms with Crippen molar-refractivity contribution in [2.75, 3.05) is 19.7 Å². The van der Waals surface area contributed by atoms with Crippen LogP contribution in [-0.4, -0.2) is 25.5 Å². The molecule has 1 aromatic carbocycles. The van der Waals surface area contributed by atoms with Crippen molar-refractivity contribution in [1.29, 1.82) is 0 Å². The molecule has 0 bridgehead atoms. The van der Waals surface area contributed by atoms with Gasteiger partial charge in [0, 0.05) is 19.5 Å². The summed E-state index contributed by atoms with van der Waals surface area (Å²) in [6, 6.07) is 9.95. The minimum Gasteiger partial charge on any atom is -0.494 e. The summed E-state index contributed by atoms with van der Waals surface area (Å²) in [6.07, 6.45) is 4.63. The molecule has 3 nitrogen and oxygen atoms in total. The van der Waals surface area contributed by atoms with E-state index in [0.717, 1.165) is 38.3 Å². The number of nitrogens with zero attached hydrogens (tertiary/aromatic N) is 1. The normalized spacial score (nSPS) is 15.2. The summed E-state index contributed by atoms with van der Waals surface area (Å²) in [6.45, 7) is 2.69. The van der Waals surface area contributed by atoms with Gasteiger partial charge in [-0.3, -0.25) is 4.99 Å². The standard InChI is InChI=1S/C14H20N2O/c1-2-7-13(8-3-1)17-12-6-11-16-14-9-4-5-10-15-14/h1-3,7-8H,4-6,9-12H2,(H,15,16). The number of benzene rings is 1. The number of rotatable bonds is 5. The molecular formula is C14H20N2O. The topological polar surface area (TPSA) is 33.6 Å². The average molecular weight is 232 g/mol. The van der Waals surface area contributed by atoms with Gasteiger partial charge in [-0.25, -0.2) is 0 Å². The van der Waals surface area contributed by atoms with E-state index < -0.39 is 0 Å². The van der Waals surface area contributed by atoms with Crippen LogP contribution in [0.5, 0.6) is 5.75 Å². The van der Waals surface area contributed by atoms with Crippen LogP contribution in [0, 0.1) is 0 Å². The van der Waals surface area contributed by atoms with Gasteiger partial charge in [-0.2, -0.15) is 0 Å². The van der Waals surface area contributed by atoms with E-state index in [0.29, 0.717) is 0 Å². The molecule has 0 amide bonds. The van der Waals surface area contributed by atoms with E-state index in [1.165, 1.54) is 18.7 Å². The molecule has 0 aliphatic carbocycles. The van der Waals surface area contributed by atoms with Crippen molar-refractivity contribution in [1.82, 2.24) is 5.32 Å². The van der Waals surface area contributed by atoms with Crippen LogP contribution in [0.15, 0.2) is 35.3 Å². The summed E-state index contributed by atoms with van der Waals surface area (Å²) >= 11 is 0. The van der Waals surface area contributed by atoms with E-state index in [-0.39, 0.29) is 0 Å². The van der Waals surface area contributed by atoms with Gasteiger partial charge < -0.3 is 10.1 Å². The third-order valence-electron chi connectivity index (χ3n) is 2.79. The predicted octanol–water partition coefficient (Wildman–Crippen LogP) is 2.63. The van der Waals surface area contributed by atoms with Gasteiger partial charge >= 0.3 is 0 Å².